The lowest BCUT2D eigenvalue weighted by Gasteiger charge is -2.36. The summed E-state index contributed by atoms with van der Waals surface area (Å²) in [5.41, 5.74) is 6.31. The third kappa shape index (κ3) is 7.01. The van der Waals surface area contributed by atoms with E-state index in [1.54, 1.807) is 26.8 Å². The monoisotopic (exact) mass is 712 g/mol. The van der Waals surface area contributed by atoms with E-state index in [0.717, 1.165) is 16.7 Å². The van der Waals surface area contributed by atoms with Gasteiger partial charge in [0.2, 0.25) is 21.8 Å². The minimum Gasteiger partial charge on any atom is -0.444 e. The van der Waals surface area contributed by atoms with Crippen LogP contribution < -0.4 is 21.1 Å². The number of ether oxygens (including phenoxy) is 2. The molecule has 3 aliphatic heterocycles. The highest BCUT2D eigenvalue weighted by Crippen LogP contribution is 2.45. The van der Waals surface area contributed by atoms with E-state index in [9.17, 15) is 32.4 Å². The van der Waals surface area contributed by atoms with Gasteiger partial charge in [0.25, 0.3) is 11.8 Å². The Bertz CT molecular complexity index is 1750. The summed E-state index contributed by atoms with van der Waals surface area (Å²) >= 11 is 0. The highest BCUT2D eigenvalue weighted by atomic mass is 32.2. The molecule has 50 heavy (non-hydrogen) atoms. The summed E-state index contributed by atoms with van der Waals surface area (Å²) in [4.78, 5) is 71.3. The van der Waals surface area contributed by atoms with Crippen molar-refractivity contribution >= 4 is 45.8 Å². The molecule has 1 saturated heterocycles. The smallest absolute Gasteiger partial charge is 0.410 e. The number of nitrogens with one attached hydrogen (secondary N) is 3. The van der Waals surface area contributed by atoms with E-state index in [4.69, 9.17) is 15.2 Å². The van der Waals surface area contributed by atoms with Gasteiger partial charge in [-0.05, 0) is 41.4 Å². The van der Waals surface area contributed by atoms with Crippen molar-refractivity contribution in [1.82, 2.24) is 25.2 Å². The second kappa shape index (κ2) is 13.1. The summed E-state index contributed by atoms with van der Waals surface area (Å²) < 4.78 is 38.8. The molecule has 0 unspecified atom stereocenters. The Morgan fingerprint density at radius 3 is 2.56 bits per heavy atom. The fourth-order valence-electron chi connectivity index (χ4n) is 6.79. The van der Waals surface area contributed by atoms with E-state index >= 15 is 0 Å². The first-order valence-electron chi connectivity index (χ1n) is 16.8. The zero-order chi connectivity index (χ0) is 36.2. The van der Waals surface area contributed by atoms with E-state index in [2.05, 4.69) is 21.9 Å². The van der Waals surface area contributed by atoms with Gasteiger partial charge in [-0.1, -0.05) is 57.2 Å². The summed E-state index contributed by atoms with van der Waals surface area (Å²) in [7, 11) is -3.92. The Morgan fingerprint density at radius 1 is 1.16 bits per heavy atom. The normalized spacial score (nSPS) is 30.8. The largest absolute Gasteiger partial charge is 0.444 e. The van der Waals surface area contributed by atoms with Crippen LogP contribution in [0.1, 0.15) is 63.1 Å². The van der Waals surface area contributed by atoms with Gasteiger partial charge in [0, 0.05) is 18.9 Å². The van der Waals surface area contributed by atoms with Crippen molar-refractivity contribution in [1.29, 1.82) is 0 Å². The predicted molar refractivity (Wildman–Crippen MR) is 180 cm³/mol. The van der Waals surface area contributed by atoms with Crippen molar-refractivity contribution < 1.29 is 41.9 Å². The first kappa shape index (κ1) is 35.5. The lowest BCUT2D eigenvalue weighted by atomic mass is 9.85. The second-order valence-electron chi connectivity index (χ2n) is 14.7. The molecule has 270 valence electrons. The molecule has 2 aliphatic carbocycles. The van der Waals surface area contributed by atoms with Crippen LogP contribution in [0, 0.1) is 11.3 Å². The Hall–Kier alpha value is -4.28. The van der Waals surface area contributed by atoms with E-state index in [0.29, 0.717) is 19.4 Å². The van der Waals surface area contributed by atoms with Crippen molar-refractivity contribution in [2.75, 3.05) is 13.2 Å². The third-order valence-corrected chi connectivity index (χ3v) is 11.8. The summed E-state index contributed by atoms with van der Waals surface area (Å²) in [6.45, 7) is 9.32. The molecule has 5 aliphatic rings. The number of amides is 5. The SMILES string of the molecule is C=C[C@@H]1C[C@]1(NC(=O)[C@@H]1C[C@@H]2CN1C(=O)[C@H](C(C)(C)C)NC(=O)[C@@H](N)OC/C=C/c1cccc3c1CN(C3)C(=O)O2)C(=O)NS(=O)(=O)C1CC1. The van der Waals surface area contributed by atoms with Crippen LogP contribution in [-0.4, -0.2) is 96.3 Å². The van der Waals surface area contributed by atoms with Crippen LogP contribution in [0.3, 0.4) is 0 Å². The van der Waals surface area contributed by atoms with Crippen LogP contribution in [0.4, 0.5) is 4.79 Å². The van der Waals surface area contributed by atoms with E-state index in [1.807, 2.05) is 24.3 Å². The number of fused-ring (bicyclic) bond motifs is 3. The maximum atomic E-state index is 14.3. The third-order valence-electron chi connectivity index (χ3n) is 9.97. The maximum Gasteiger partial charge on any atom is 0.410 e. The molecular weight excluding hydrogens is 668 g/mol. The number of benzene rings is 1. The molecule has 6 atom stereocenters. The van der Waals surface area contributed by atoms with Gasteiger partial charge < -0.3 is 25.0 Å². The van der Waals surface area contributed by atoms with Crippen LogP contribution in [0.2, 0.25) is 0 Å². The second-order valence-corrected chi connectivity index (χ2v) is 16.7. The number of carbonyl (C=O) groups excluding carboxylic acids is 5. The summed E-state index contributed by atoms with van der Waals surface area (Å²) in [5, 5.41) is 4.74. The molecule has 1 aromatic carbocycles. The number of hydrogen-bond donors (Lipinski definition) is 4. The van der Waals surface area contributed by atoms with Gasteiger partial charge in [0.15, 0.2) is 6.23 Å². The number of sulfonamides is 1. The Kier molecular flexibility index (Phi) is 9.33. The van der Waals surface area contributed by atoms with Crippen molar-refractivity contribution in [2.24, 2.45) is 17.1 Å². The molecular formula is C34H44N6O9S. The van der Waals surface area contributed by atoms with Gasteiger partial charge >= 0.3 is 6.09 Å². The number of nitrogens with two attached hydrogens (primary N) is 1. The number of carbonyl (C=O) groups is 5. The molecule has 3 heterocycles. The van der Waals surface area contributed by atoms with Gasteiger partial charge in [-0.2, -0.15) is 0 Å². The van der Waals surface area contributed by atoms with Crippen molar-refractivity contribution in [3.63, 3.8) is 0 Å². The predicted octanol–water partition coefficient (Wildman–Crippen LogP) is 0.637. The van der Waals surface area contributed by atoms with Gasteiger partial charge in [-0.25, -0.2) is 13.2 Å². The maximum absolute atomic E-state index is 14.3. The molecule has 15 nitrogen and oxygen atoms in total. The zero-order valence-electron chi connectivity index (χ0n) is 28.3. The first-order valence-corrected chi connectivity index (χ1v) is 18.3. The molecule has 5 amide bonds. The number of nitrogens with zero attached hydrogens (tertiary/aromatic N) is 2. The minimum absolute atomic E-state index is 0.00280. The molecule has 0 radical (unpaired) electrons. The Balaban J connectivity index is 1.29. The van der Waals surface area contributed by atoms with Crippen LogP contribution in [0.5, 0.6) is 0 Å². The van der Waals surface area contributed by atoms with Crippen molar-refractivity contribution in [2.45, 2.75) is 94.7 Å². The summed E-state index contributed by atoms with van der Waals surface area (Å²) in [6, 6.07) is 3.26. The molecule has 16 heteroatoms. The van der Waals surface area contributed by atoms with Gasteiger partial charge in [0.1, 0.15) is 23.7 Å². The molecule has 4 bridgehead atoms. The van der Waals surface area contributed by atoms with E-state index in [1.165, 1.54) is 15.9 Å². The Labute approximate surface area is 291 Å². The highest BCUT2D eigenvalue weighted by Gasteiger charge is 2.62. The molecule has 5 N–H and O–H groups in total. The number of rotatable bonds is 6. The molecule has 2 saturated carbocycles. The lowest BCUT2D eigenvalue weighted by Crippen LogP contribution is -2.61. The van der Waals surface area contributed by atoms with Gasteiger partial charge in [-0.3, -0.25) is 34.5 Å². The molecule has 0 aromatic heterocycles. The fraction of sp³-hybridized carbons (Fsp3) is 0.559. The van der Waals surface area contributed by atoms with Gasteiger partial charge in [-0.15, -0.1) is 6.58 Å². The van der Waals surface area contributed by atoms with Crippen LogP contribution in [-0.2, 0) is 51.8 Å². The highest BCUT2D eigenvalue weighted by molar-refractivity contribution is 7.91. The van der Waals surface area contributed by atoms with Crippen LogP contribution in [0.15, 0.2) is 36.9 Å². The average molecular weight is 713 g/mol. The number of hydrogen-bond acceptors (Lipinski definition) is 10. The Morgan fingerprint density at radius 2 is 1.90 bits per heavy atom. The van der Waals surface area contributed by atoms with Crippen LogP contribution >= 0.6 is 0 Å². The van der Waals surface area contributed by atoms with Gasteiger partial charge in [0.05, 0.1) is 24.9 Å². The standard InChI is InChI=1S/C34H44N6O9S/c1-5-21-15-34(21,31(44)38-50(46,47)23-11-12-23)37-28(41)25-14-22-17-40(25)30(43)26(33(2,3)4)36-29(42)27(35)48-13-7-10-19-8-6-9-20-16-39(18-24(19)20)32(45)49-22/h5-10,21-23,25-27H,1,11-18,35H2,2-4H3,(H,36,42)(H,37,41)(H,38,44)/b10-7+/t21-,22-,25+,26-,27+,34-/m1/s1. The summed E-state index contributed by atoms with van der Waals surface area (Å²) in [5.74, 6) is -3.56. The molecule has 3 fully saturated rings. The fourth-order valence-corrected chi connectivity index (χ4v) is 8.16. The van der Waals surface area contributed by atoms with E-state index < -0.39 is 86.3 Å². The summed E-state index contributed by atoms with van der Waals surface area (Å²) in [6.07, 6.45) is 2.93. The molecule has 6 rings (SSSR count). The van der Waals surface area contributed by atoms with Crippen molar-refractivity contribution in [3.05, 3.63) is 53.6 Å². The minimum atomic E-state index is -3.92. The molecule has 0 spiro atoms. The average Bonchev–Trinajstić information content (AvgIpc) is 3.94. The van der Waals surface area contributed by atoms with Crippen LogP contribution in [0.25, 0.3) is 6.08 Å². The van der Waals surface area contributed by atoms with E-state index in [-0.39, 0.29) is 32.5 Å². The zero-order valence-corrected chi connectivity index (χ0v) is 29.2. The van der Waals surface area contributed by atoms with Crippen molar-refractivity contribution in [3.8, 4) is 0 Å². The lowest BCUT2D eigenvalue weighted by molar-refractivity contribution is -0.146. The first-order chi connectivity index (χ1) is 23.5. The topological polar surface area (TPSA) is 207 Å². The quantitative estimate of drug-likeness (QED) is 0.303. The molecule has 1 aromatic rings.